The van der Waals surface area contributed by atoms with Gasteiger partial charge in [-0.3, -0.25) is 0 Å². The average Bonchev–Trinajstić information content (AvgIpc) is 2.70. The zero-order valence-corrected chi connectivity index (χ0v) is 19.7. The summed E-state index contributed by atoms with van der Waals surface area (Å²) in [6, 6.07) is 9.38. The van der Waals surface area contributed by atoms with Crippen molar-refractivity contribution >= 4 is 10.0 Å². The maximum Gasteiger partial charge on any atom is 0.416 e. The number of nitrogens with one attached hydrogen (secondary N) is 1. The van der Waals surface area contributed by atoms with Crippen molar-refractivity contribution in [3.8, 4) is 0 Å². The van der Waals surface area contributed by atoms with E-state index in [9.17, 15) is 34.8 Å². The summed E-state index contributed by atoms with van der Waals surface area (Å²) < 4.78 is 105. The summed E-state index contributed by atoms with van der Waals surface area (Å²) >= 11 is 0. The van der Waals surface area contributed by atoms with E-state index in [0.29, 0.717) is 25.2 Å². The lowest BCUT2D eigenvalue weighted by Gasteiger charge is -2.28. The molecule has 34 heavy (non-hydrogen) atoms. The molecule has 0 aliphatic rings. The standard InChI is InChI=1S/C22H27F6N3O2S/c1-30(2)10-9-29-20(17-7-5-4-6-8-17)15-31(34(3,32)33)14-16-11-18(21(23,24)25)13-19(12-16)22(26,27)28/h4-8,11-13,20,29H,9-10,14-15H2,1-3H3/t20-/m1/s1. The number of hydrogen-bond donors (Lipinski definition) is 1. The van der Waals surface area contributed by atoms with Gasteiger partial charge in [0.25, 0.3) is 0 Å². The molecule has 190 valence electrons. The molecule has 5 nitrogen and oxygen atoms in total. The Morgan fingerprint density at radius 2 is 1.44 bits per heavy atom. The van der Waals surface area contributed by atoms with E-state index in [1.54, 1.807) is 30.3 Å². The molecule has 2 aromatic rings. The van der Waals surface area contributed by atoms with Gasteiger partial charge < -0.3 is 10.2 Å². The van der Waals surface area contributed by atoms with Crippen LogP contribution in [0.5, 0.6) is 0 Å². The number of nitrogens with zero attached hydrogens (tertiary/aromatic N) is 2. The van der Waals surface area contributed by atoms with Gasteiger partial charge in [-0.25, -0.2) is 8.42 Å². The van der Waals surface area contributed by atoms with Crippen LogP contribution in [0.2, 0.25) is 0 Å². The van der Waals surface area contributed by atoms with Gasteiger partial charge in [-0.15, -0.1) is 0 Å². The lowest BCUT2D eigenvalue weighted by Crippen LogP contribution is -2.40. The first-order valence-electron chi connectivity index (χ1n) is 10.2. The maximum absolute atomic E-state index is 13.2. The van der Waals surface area contributed by atoms with Crippen LogP contribution in [-0.2, 0) is 28.9 Å². The first-order valence-corrected chi connectivity index (χ1v) is 12.1. The Morgan fingerprint density at radius 1 is 0.912 bits per heavy atom. The second-order valence-corrected chi connectivity index (χ2v) is 10.2. The van der Waals surface area contributed by atoms with E-state index >= 15 is 0 Å². The van der Waals surface area contributed by atoms with Crippen LogP contribution in [0.25, 0.3) is 0 Å². The van der Waals surface area contributed by atoms with Crippen LogP contribution in [0.1, 0.15) is 28.3 Å². The van der Waals surface area contributed by atoms with E-state index in [2.05, 4.69) is 5.32 Å². The van der Waals surface area contributed by atoms with Gasteiger partial charge in [-0.1, -0.05) is 30.3 Å². The Labute approximate surface area is 195 Å². The predicted molar refractivity (Wildman–Crippen MR) is 117 cm³/mol. The third-order valence-electron chi connectivity index (χ3n) is 5.01. The number of halogens is 6. The highest BCUT2D eigenvalue weighted by Gasteiger charge is 2.37. The normalized spacial score (nSPS) is 14.1. The molecular weight excluding hydrogens is 484 g/mol. The molecule has 0 unspecified atom stereocenters. The molecule has 0 heterocycles. The van der Waals surface area contributed by atoms with Crippen molar-refractivity contribution in [2.75, 3.05) is 40.0 Å². The van der Waals surface area contributed by atoms with Crippen LogP contribution >= 0.6 is 0 Å². The molecule has 1 N–H and O–H groups in total. The summed E-state index contributed by atoms with van der Waals surface area (Å²) in [4.78, 5) is 1.91. The van der Waals surface area contributed by atoms with E-state index in [4.69, 9.17) is 0 Å². The van der Waals surface area contributed by atoms with Gasteiger partial charge in [0.15, 0.2) is 0 Å². The summed E-state index contributed by atoms with van der Waals surface area (Å²) in [5.41, 5.74) is -2.66. The van der Waals surface area contributed by atoms with E-state index in [1.165, 1.54) is 0 Å². The van der Waals surface area contributed by atoms with Crippen molar-refractivity contribution in [3.63, 3.8) is 0 Å². The monoisotopic (exact) mass is 511 g/mol. The van der Waals surface area contributed by atoms with E-state index in [-0.39, 0.29) is 12.6 Å². The molecule has 0 amide bonds. The van der Waals surface area contributed by atoms with Crippen LogP contribution < -0.4 is 5.32 Å². The van der Waals surface area contributed by atoms with Crippen molar-refractivity contribution in [1.29, 1.82) is 0 Å². The highest BCUT2D eigenvalue weighted by atomic mass is 32.2. The van der Waals surface area contributed by atoms with Crippen molar-refractivity contribution in [2.45, 2.75) is 24.9 Å². The average molecular weight is 512 g/mol. The van der Waals surface area contributed by atoms with Gasteiger partial charge in [0, 0.05) is 32.2 Å². The number of likely N-dealkylation sites (N-methyl/N-ethyl adjacent to an activating group) is 1. The number of alkyl halides is 6. The Hall–Kier alpha value is -2.15. The quantitative estimate of drug-likeness (QED) is 0.482. The van der Waals surface area contributed by atoms with E-state index in [0.717, 1.165) is 16.1 Å². The van der Waals surface area contributed by atoms with Crippen molar-refractivity contribution < 1.29 is 34.8 Å². The van der Waals surface area contributed by atoms with Gasteiger partial charge in [0.1, 0.15) is 0 Å². The number of hydrogen-bond acceptors (Lipinski definition) is 4. The molecule has 0 saturated carbocycles. The zero-order valence-electron chi connectivity index (χ0n) is 18.9. The van der Waals surface area contributed by atoms with E-state index in [1.807, 2.05) is 19.0 Å². The molecule has 0 radical (unpaired) electrons. The second kappa shape index (κ2) is 11.1. The molecule has 0 fully saturated rings. The Bertz CT molecular complexity index is 1010. The minimum Gasteiger partial charge on any atom is -0.308 e. The summed E-state index contributed by atoms with van der Waals surface area (Å²) in [6.07, 6.45) is -9.17. The van der Waals surface area contributed by atoms with Gasteiger partial charge >= 0.3 is 12.4 Å². The van der Waals surface area contributed by atoms with Gasteiger partial charge in [-0.05, 0) is 43.4 Å². The van der Waals surface area contributed by atoms with Crippen LogP contribution in [-0.4, -0.2) is 57.6 Å². The molecule has 2 rings (SSSR count). The molecule has 0 aliphatic heterocycles. The minimum absolute atomic E-state index is 0.0177. The van der Waals surface area contributed by atoms with Gasteiger partial charge in [-0.2, -0.15) is 30.6 Å². The first-order chi connectivity index (χ1) is 15.6. The lowest BCUT2D eigenvalue weighted by atomic mass is 10.0. The molecule has 0 aromatic heterocycles. The van der Waals surface area contributed by atoms with Crippen LogP contribution in [0.4, 0.5) is 26.3 Å². The Kier molecular flexibility index (Phi) is 9.14. The fourth-order valence-corrected chi connectivity index (χ4v) is 4.07. The lowest BCUT2D eigenvalue weighted by molar-refractivity contribution is -0.143. The SMILES string of the molecule is CN(C)CCN[C@H](CN(Cc1cc(C(F)(F)F)cc(C(F)(F)F)c1)S(C)(=O)=O)c1ccccc1. The highest BCUT2D eigenvalue weighted by molar-refractivity contribution is 7.88. The number of benzene rings is 2. The number of sulfonamides is 1. The summed E-state index contributed by atoms with van der Waals surface area (Å²) in [7, 11) is -0.274. The molecule has 0 aliphatic carbocycles. The van der Waals surface area contributed by atoms with Crippen LogP contribution in [0, 0.1) is 0 Å². The van der Waals surface area contributed by atoms with E-state index < -0.39 is 51.7 Å². The minimum atomic E-state index is -5.02. The topological polar surface area (TPSA) is 52.6 Å². The Balaban J connectivity index is 2.42. The third-order valence-corrected chi connectivity index (χ3v) is 6.23. The summed E-state index contributed by atoms with van der Waals surface area (Å²) in [6.45, 7) is 0.273. The zero-order chi connectivity index (χ0) is 25.7. The summed E-state index contributed by atoms with van der Waals surface area (Å²) in [5, 5.41) is 3.22. The first kappa shape index (κ1) is 28.1. The van der Waals surface area contributed by atoms with Crippen LogP contribution in [0.15, 0.2) is 48.5 Å². The molecule has 12 heteroatoms. The van der Waals surface area contributed by atoms with Crippen molar-refractivity contribution in [1.82, 2.24) is 14.5 Å². The molecular formula is C22H27F6N3O2S. The Morgan fingerprint density at radius 3 is 1.88 bits per heavy atom. The maximum atomic E-state index is 13.2. The fourth-order valence-electron chi connectivity index (χ4n) is 3.27. The largest absolute Gasteiger partial charge is 0.416 e. The third kappa shape index (κ3) is 8.57. The molecule has 0 spiro atoms. The fraction of sp³-hybridized carbons (Fsp3) is 0.455. The van der Waals surface area contributed by atoms with Crippen molar-refractivity contribution in [2.24, 2.45) is 0 Å². The van der Waals surface area contributed by atoms with Gasteiger partial charge in [0.2, 0.25) is 10.0 Å². The molecule has 0 saturated heterocycles. The molecule has 2 aromatic carbocycles. The smallest absolute Gasteiger partial charge is 0.308 e. The predicted octanol–water partition coefficient (Wildman–Crippen LogP) is 4.38. The van der Waals surface area contributed by atoms with Gasteiger partial charge in [0.05, 0.1) is 17.4 Å². The molecule has 0 bridgehead atoms. The van der Waals surface area contributed by atoms with Crippen molar-refractivity contribution in [3.05, 3.63) is 70.8 Å². The van der Waals surface area contributed by atoms with Crippen LogP contribution in [0.3, 0.4) is 0 Å². The molecule has 1 atom stereocenters. The second-order valence-electron chi connectivity index (χ2n) is 8.19. The number of rotatable bonds is 10. The highest BCUT2D eigenvalue weighted by Crippen LogP contribution is 2.36. The summed E-state index contributed by atoms with van der Waals surface area (Å²) in [5.74, 6) is 0.